The van der Waals surface area contributed by atoms with Crippen LogP contribution in [0.2, 0.25) is 0 Å². The van der Waals surface area contributed by atoms with Crippen molar-refractivity contribution in [1.29, 1.82) is 0 Å². The predicted molar refractivity (Wildman–Crippen MR) is 83.6 cm³/mol. The number of pyridine rings is 1. The Hall–Kier alpha value is -1.45. The van der Waals surface area contributed by atoms with Crippen LogP contribution >= 0.6 is 0 Å². The number of para-hydroxylation sites is 1. The van der Waals surface area contributed by atoms with Crippen LogP contribution in [0.5, 0.6) is 0 Å². The molecule has 1 saturated heterocycles. The van der Waals surface area contributed by atoms with E-state index in [1.165, 1.54) is 30.2 Å². The highest BCUT2D eigenvalue weighted by molar-refractivity contribution is 5.82. The van der Waals surface area contributed by atoms with Gasteiger partial charge in [-0.15, -0.1) is 0 Å². The summed E-state index contributed by atoms with van der Waals surface area (Å²) in [7, 11) is 0. The minimum Gasteiger partial charge on any atom is -0.329 e. The average Bonchev–Trinajstić information content (AvgIpc) is 2.97. The number of aromatic nitrogens is 1. The van der Waals surface area contributed by atoms with Crippen LogP contribution in [-0.2, 0) is 0 Å². The van der Waals surface area contributed by atoms with E-state index in [-0.39, 0.29) is 0 Å². The summed E-state index contributed by atoms with van der Waals surface area (Å²) in [6.07, 6.45) is 5.66. The Morgan fingerprint density at radius 3 is 3.00 bits per heavy atom. The van der Waals surface area contributed by atoms with Crippen LogP contribution < -0.4 is 5.73 Å². The summed E-state index contributed by atoms with van der Waals surface area (Å²) in [6.45, 7) is 4.09. The van der Waals surface area contributed by atoms with Gasteiger partial charge >= 0.3 is 0 Å². The Morgan fingerprint density at radius 2 is 2.20 bits per heavy atom. The molecule has 2 atom stereocenters. The van der Waals surface area contributed by atoms with Crippen molar-refractivity contribution in [3.63, 3.8) is 0 Å². The summed E-state index contributed by atoms with van der Waals surface area (Å²) >= 11 is 0. The van der Waals surface area contributed by atoms with Gasteiger partial charge in [-0.1, -0.05) is 31.2 Å². The third-order valence-electron chi connectivity index (χ3n) is 4.54. The van der Waals surface area contributed by atoms with Gasteiger partial charge in [-0.05, 0) is 37.4 Å². The molecule has 3 nitrogen and oxygen atoms in total. The molecule has 20 heavy (non-hydrogen) atoms. The average molecular weight is 269 g/mol. The van der Waals surface area contributed by atoms with Gasteiger partial charge < -0.3 is 5.73 Å². The highest BCUT2D eigenvalue weighted by atomic mass is 15.2. The fourth-order valence-electron chi connectivity index (χ4n) is 3.54. The number of hydrogen-bond acceptors (Lipinski definition) is 3. The maximum Gasteiger partial charge on any atom is 0.0750 e. The second-order valence-corrected chi connectivity index (χ2v) is 5.62. The molecule has 3 rings (SSSR count). The van der Waals surface area contributed by atoms with Crippen molar-refractivity contribution in [2.75, 3.05) is 13.1 Å². The lowest BCUT2D eigenvalue weighted by Crippen LogP contribution is -2.37. The summed E-state index contributed by atoms with van der Waals surface area (Å²) in [5.74, 6) is 0. The van der Waals surface area contributed by atoms with Crippen molar-refractivity contribution in [2.45, 2.75) is 38.3 Å². The van der Waals surface area contributed by atoms with Crippen LogP contribution in [0.25, 0.3) is 10.9 Å². The number of nitrogens with zero attached hydrogens (tertiary/aromatic N) is 2. The molecule has 2 N–H and O–H groups in total. The van der Waals surface area contributed by atoms with Crippen LogP contribution in [0.4, 0.5) is 0 Å². The quantitative estimate of drug-likeness (QED) is 0.927. The fraction of sp³-hybridized carbons (Fsp3) is 0.471. The Labute approximate surface area is 120 Å². The zero-order valence-electron chi connectivity index (χ0n) is 12.1. The van der Waals surface area contributed by atoms with E-state index >= 15 is 0 Å². The molecule has 0 amide bonds. The number of nitrogens with two attached hydrogens (primary N) is 1. The van der Waals surface area contributed by atoms with Crippen molar-refractivity contribution >= 4 is 10.9 Å². The largest absolute Gasteiger partial charge is 0.329 e. The molecule has 0 saturated carbocycles. The Morgan fingerprint density at radius 1 is 1.35 bits per heavy atom. The van der Waals surface area contributed by atoms with Crippen LogP contribution in [0, 0.1) is 0 Å². The lowest BCUT2D eigenvalue weighted by molar-refractivity contribution is 0.181. The first-order chi connectivity index (χ1) is 9.85. The third kappa shape index (κ3) is 2.32. The first-order valence-corrected chi connectivity index (χ1v) is 7.64. The highest BCUT2D eigenvalue weighted by Crippen LogP contribution is 2.33. The SMILES string of the molecule is CCC1CCCN1C(CN)c1cccc2cccnc12. The van der Waals surface area contributed by atoms with E-state index in [9.17, 15) is 0 Å². The number of likely N-dealkylation sites (tertiary alicyclic amines) is 1. The lowest BCUT2D eigenvalue weighted by atomic mass is 10.00. The van der Waals surface area contributed by atoms with E-state index in [0.717, 1.165) is 12.1 Å². The molecule has 2 unspecified atom stereocenters. The van der Waals surface area contributed by atoms with E-state index in [0.29, 0.717) is 18.6 Å². The van der Waals surface area contributed by atoms with Gasteiger partial charge in [0.2, 0.25) is 0 Å². The van der Waals surface area contributed by atoms with Gasteiger partial charge in [0.05, 0.1) is 5.52 Å². The third-order valence-corrected chi connectivity index (χ3v) is 4.54. The standard InChI is InChI=1S/C17H23N3/c1-2-14-8-5-11-20(14)16(12-18)15-9-3-6-13-7-4-10-19-17(13)15/h3-4,6-7,9-10,14,16H,2,5,8,11-12,18H2,1H3. The molecule has 1 fully saturated rings. The van der Waals surface area contributed by atoms with Gasteiger partial charge in [-0.3, -0.25) is 9.88 Å². The molecule has 0 bridgehead atoms. The van der Waals surface area contributed by atoms with Gasteiger partial charge in [-0.2, -0.15) is 0 Å². The van der Waals surface area contributed by atoms with Crippen LogP contribution in [0.3, 0.4) is 0 Å². The fourth-order valence-corrected chi connectivity index (χ4v) is 3.54. The monoisotopic (exact) mass is 269 g/mol. The molecule has 0 radical (unpaired) electrons. The minimum absolute atomic E-state index is 0.293. The second kappa shape index (κ2) is 5.90. The number of hydrogen-bond donors (Lipinski definition) is 1. The second-order valence-electron chi connectivity index (χ2n) is 5.62. The Kier molecular flexibility index (Phi) is 3.99. The van der Waals surface area contributed by atoms with E-state index in [4.69, 9.17) is 5.73 Å². The maximum atomic E-state index is 6.12. The minimum atomic E-state index is 0.293. The van der Waals surface area contributed by atoms with E-state index in [1.807, 2.05) is 12.3 Å². The summed E-state index contributed by atoms with van der Waals surface area (Å²) in [6, 6.07) is 11.5. The van der Waals surface area contributed by atoms with Crippen molar-refractivity contribution in [1.82, 2.24) is 9.88 Å². The molecule has 0 aliphatic carbocycles. The molecule has 3 heteroatoms. The molecule has 1 aliphatic rings. The van der Waals surface area contributed by atoms with E-state index in [1.54, 1.807) is 0 Å². The maximum absolute atomic E-state index is 6.12. The zero-order chi connectivity index (χ0) is 13.9. The molecule has 106 valence electrons. The number of rotatable bonds is 4. The van der Waals surface area contributed by atoms with Crippen molar-refractivity contribution in [2.24, 2.45) is 5.73 Å². The summed E-state index contributed by atoms with van der Waals surface area (Å²) < 4.78 is 0. The van der Waals surface area contributed by atoms with Crippen LogP contribution in [0.1, 0.15) is 37.8 Å². The normalized spacial score (nSPS) is 21.4. The van der Waals surface area contributed by atoms with Gasteiger partial charge in [0.25, 0.3) is 0 Å². The smallest absolute Gasteiger partial charge is 0.0750 e. The van der Waals surface area contributed by atoms with Crippen molar-refractivity contribution in [3.05, 3.63) is 42.1 Å². The Bertz CT molecular complexity index is 576. The van der Waals surface area contributed by atoms with Gasteiger partial charge in [0, 0.05) is 30.2 Å². The summed E-state index contributed by atoms with van der Waals surface area (Å²) in [5, 5.41) is 1.20. The first kappa shape index (κ1) is 13.5. The predicted octanol–water partition coefficient (Wildman–Crippen LogP) is 3.11. The van der Waals surface area contributed by atoms with Crippen LogP contribution in [-0.4, -0.2) is 29.0 Å². The van der Waals surface area contributed by atoms with Crippen LogP contribution in [0.15, 0.2) is 36.5 Å². The molecule has 2 heterocycles. The van der Waals surface area contributed by atoms with Gasteiger partial charge in [0.15, 0.2) is 0 Å². The molecular formula is C17H23N3. The number of benzene rings is 1. The molecule has 1 aromatic heterocycles. The molecular weight excluding hydrogens is 246 g/mol. The topological polar surface area (TPSA) is 42.1 Å². The van der Waals surface area contributed by atoms with E-state index < -0.39 is 0 Å². The molecule has 0 spiro atoms. The Balaban J connectivity index is 2.03. The van der Waals surface area contributed by atoms with Crippen molar-refractivity contribution < 1.29 is 0 Å². The summed E-state index contributed by atoms with van der Waals surface area (Å²) in [5.41, 5.74) is 8.51. The van der Waals surface area contributed by atoms with E-state index in [2.05, 4.69) is 41.1 Å². The highest BCUT2D eigenvalue weighted by Gasteiger charge is 2.30. The van der Waals surface area contributed by atoms with Crippen molar-refractivity contribution in [3.8, 4) is 0 Å². The summed E-state index contributed by atoms with van der Waals surface area (Å²) in [4.78, 5) is 7.18. The molecule has 1 aromatic carbocycles. The molecule has 1 aliphatic heterocycles. The first-order valence-electron chi connectivity index (χ1n) is 7.64. The molecule has 2 aromatic rings. The zero-order valence-corrected chi connectivity index (χ0v) is 12.1. The van der Waals surface area contributed by atoms with Gasteiger partial charge in [0.1, 0.15) is 0 Å². The lowest BCUT2D eigenvalue weighted by Gasteiger charge is -2.32. The number of fused-ring (bicyclic) bond motifs is 1. The van der Waals surface area contributed by atoms with Gasteiger partial charge in [-0.25, -0.2) is 0 Å².